The van der Waals surface area contributed by atoms with E-state index in [-0.39, 0.29) is 12.6 Å². The van der Waals surface area contributed by atoms with Gasteiger partial charge in [-0.25, -0.2) is 0 Å². The summed E-state index contributed by atoms with van der Waals surface area (Å²) < 4.78 is 0. The van der Waals surface area contributed by atoms with E-state index in [0.29, 0.717) is 5.92 Å². The molecule has 0 amide bonds. The number of hydrogen-bond donors (Lipinski definition) is 2. The van der Waals surface area contributed by atoms with E-state index >= 15 is 0 Å². The molecule has 1 unspecified atom stereocenters. The fourth-order valence-electron chi connectivity index (χ4n) is 1.86. The van der Waals surface area contributed by atoms with Crippen LogP contribution in [0.4, 0.5) is 0 Å². The molecule has 1 atom stereocenters. The minimum absolute atomic E-state index is 0.0301. The van der Waals surface area contributed by atoms with Crippen molar-refractivity contribution in [3.8, 4) is 0 Å². The highest BCUT2D eigenvalue weighted by Gasteiger charge is 2.22. The number of hydrogen-bond acceptors (Lipinski definition) is 2. The second-order valence-electron chi connectivity index (χ2n) is 3.87. The predicted octanol–water partition coefficient (Wildman–Crippen LogP) is 1.13. The highest BCUT2D eigenvalue weighted by molar-refractivity contribution is 4.77. The Morgan fingerprint density at radius 1 is 1.36 bits per heavy atom. The first-order chi connectivity index (χ1) is 5.24. The van der Waals surface area contributed by atoms with Crippen molar-refractivity contribution in [2.24, 2.45) is 17.6 Å². The van der Waals surface area contributed by atoms with Gasteiger partial charge in [0.25, 0.3) is 0 Å². The summed E-state index contributed by atoms with van der Waals surface area (Å²) in [4.78, 5) is 0. The molecular formula is C9H19NO. The van der Waals surface area contributed by atoms with E-state index in [1.807, 2.05) is 0 Å². The maximum Gasteiger partial charge on any atom is 0.0585 e. The lowest BCUT2D eigenvalue weighted by Crippen LogP contribution is -2.35. The first-order valence-electron chi connectivity index (χ1n) is 4.60. The monoisotopic (exact) mass is 157 g/mol. The van der Waals surface area contributed by atoms with Gasteiger partial charge in [-0.05, 0) is 24.7 Å². The Hall–Kier alpha value is -0.0800. The average molecular weight is 157 g/mol. The van der Waals surface area contributed by atoms with Crippen molar-refractivity contribution >= 4 is 0 Å². The zero-order valence-electron chi connectivity index (χ0n) is 7.29. The van der Waals surface area contributed by atoms with E-state index in [4.69, 9.17) is 10.8 Å². The number of rotatable bonds is 2. The van der Waals surface area contributed by atoms with Crippen LogP contribution >= 0.6 is 0 Å². The molecule has 66 valence electrons. The third kappa shape index (κ3) is 2.46. The van der Waals surface area contributed by atoms with Gasteiger partial charge in [0, 0.05) is 6.04 Å². The van der Waals surface area contributed by atoms with E-state index in [2.05, 4.69) is 6.92 Å². The topological polar surface area (TPSA) is 46.2 Å². The van der Waals surface area contributed by atoms with Gasteiger partial charge in [-0.1, -0.05) is 19.8 Å². The zero-order chi connectivity index (χ0) is 8.27. The van der Waals surface area contributed by atoms with Crippen molar-refractivity contribution < 1.29 is 5.11 Å². The molecule has 0 heterocycles. The summed E-state index contributed by atoms with van der Waals surface area (Å²) in [5.74, 6) is 1.45. The highest BCUT2D eigenvalue weighted by atomic mass is 16.3. The normalized spacial score (nSPS) is 35.2. The number of aliphatic hydroxyl groups is 1. The Kier molecular flexibility index (Phi) is 3.34. The summed E-state index contributed by atoms with van der Waals surface area (Å²) in [5.41, 5.74) is 5.74. The minimum atomic E-state index is 0.0301. The van der Waals surface area contributed by atoms with Gasteiger partial charge >= 0.3 is 0 Å². The predicted molar refractivity (Wildman–Crippen MR) is 46.2 cm³/mol. The van der Waals surface area contributed by atoms with Crippen LogP contribution in [0, 0.1) is 11.8 Å². The Bertz CT molecular complexity index is 108. The molecule has 1 aliphatic rings. The molecule has 0 bridgehead atoms. The van der Waals surface area contributed by atoms with Gasteiger partial charge in [0.1, 0.15) is 0 Å². The Morgan fingerprint density at radius 3 is 2.36 bits per heavy atom. The first kappa shape index (κ1) is 9.01. The molecule has 2 heteroatoms. The molecule has 0 aromatic rings. The molecule has 2 nitrogen and oxygen atoms in total. The molecule has 1 aliphatic carbocycles. The fraction of sp³-hybridized carbons (Fsp3) is 1.00. The third-order valence-electron chi connectivity index (χ3n) is 2.88. The van der Waals surface area contributed by atoms with Crippen LogP contribution in [-0.4, -0.2) is 17.8 Å². The van der Waals surface area contributed by atoms with Crippen LogP contribution in [0.25, 0.3) is 0 Å². The molecule has 1 rings (SSSR count). The summed E-state index contributed by atoms with van der Waals surface area (Å²) in [6, 6.07) is 0.0301. The molecule has 0 aromatic heterocycles. The van der Waals surface area contributed by atoms with Crippen LogP contribution in [0.5, 0.6) is 0 Å². The SMILES string of the molecule is CC1CCC(C(N)CO)CC1. The van der Waals surface area contributed by atoms with Crippen molar-refractivity contribution in [3.05, 3.63) is 0 Å². The Balaban J connectivity index is 2.27. The van der Waals surface area contributed by atoms with Gasteiger partial charge in [0.2, 0.25) is 0 Å². The van der Waals surface area contributed by atoms with Gasteiger partial charge in [0.05, 0.1) is 6.61 Å². The van der Waals surface area contributed by atoms with Gasteiger partial charge in [-0.2, -0.15) is 0 Å². The maximum absolute atomic E-state index is 8.83. The van der Waals surface area contributed by atoms with E-state index in [9.17, 15) is 0 Å². The van der Waals surface area contributed by atoms with Crippen LogP contribution in [-0.2, 0) is 0 Å². The summed E-state index contributed by atoms with van der Waals surface area (Å²) in [6.45, 7) is 2.44. The van der Waals surface area contributed by atoms with Gasteiger partial charge in [0.15, 0.2) is 0 Å². The fourth-order valence-corrected chi connectivity index (χ4v) is 1.86. The van der Waals surface area contributed by atoms with Crippen LogP contribution < -0.4 is 5.73 Å². The second-order valence-corrected chi connectivity index (χ2v) is 3.87. The smallest absolute Gasteiger partial charge is 0.0585 e. The maximum atomic E-state index is 8.83. The van der Waals surface area contributed by atoms with E-state index in [1.54, 1.807) is 0 Å². The van der Waals surface area contributed by atoms with Crippen molar-refractivity contribution in [1.29, 1.82) is 0 Å². The molecular weight excluding hydrogens is 138 g/mol. The molecule has 1 saturated carbocycles. The molecule has 3 N–H and O–H groups in total. The van der Waals surface area contributed by atoms with Crippen molar-refractivity contribution in [2.45, 2.75) is 38.6 Å². The zero-order valence-corrected chi connectivity index (χ0v) is 7.29. The molecule has 1 fully saturated rings. The lowest BCUT2D eigenvalue weighted by Gasteiger charge is -2.29. The average Bonchev–Trinajstić information content (AvgIpc) is 2.05. The molecule has 11 heavy (non-hydrogen) atoms. The van der Waals surface area contributed by atoms with Crippen LogP contribution in [0.15, 0.2) is 0 Å². The quantitative estimate of drug-likeness (QED) is 0.631. The third-order valence-corrected chi connectivity index (χ3v) is 2.88. The van der Waals surface area contributed by atoms with E-state index < -0.39 is 0 Å². The summed E-state index contributed by atoms with van der Waals surface area (Å²) in [5, 5.41) is 8.83. The largest absolute Gasteiger partial charge is 0.395 e. The standard InChI is InChI=1S/C9H19NO/c1-7-2-4-8(5-3-7)9(10)6-11/h7-9,11H,2-6,10H2,1H3. The summed E-state index contributed by atoms with van der Waals surface area (Å²) >= 11 is 0. The molecule has 0 aliphatic heterocycles. The first-order valence-corrected chi connectivity index (χ1v) is 4.60. The van der Waals surface area contributed by atoms with Crippen LogP contribution in [0.3, 0.4) is 0 Å². The van der Waals surface area contributed by atoms with E-state index in [0.717, 1.165) is 5.92 Å². The Morgan fingerprint density at radius 2 is 1.91 bits per heavy atom. The highest BCUT2D eigenvalue weighted by Crippen LogP contribution is 2.29. The summed E-state index contributed by atoms with van der Waals surface area (Å²) in [6.07, 6.45) is 5.00. The van der Waals surface area contributed by atoms with Gasteiger partial charge in [-0.3, -0.25) is 0 Å². The van der Waals surface area contributed by atoms with Crippen molar-refractivity contribution in [3.63, 3.8) is 0 Å². The minimum Gasteiger partial charge on any atom is -0.395 e. The van der Waals surface area contributed by atoms with E-state index in [1.165, 1.54) is 25.7 Å². The number of aliphatic hydroxyl groups excluding tert-OH is 1. The van der Waals surface area contributed by atoms with Crippen molar-refractivity contribution in [2.75, 3.05) is 6.61 Å². The van der Waals surface area contributed by atoms with Gasteiger partial charge < -0.3 is 10.8 Å². The Labute approximate surface area is 68.8 Å². The molecule has 0 radical (unpaired) electrons. The lowest BCUT2D eigenvalue weighted by atomic mass is 9.80. The molecule has 0 aromatic carbocycles. The second kappa shape index (κ2) is 4.07. The van der Waals surface area contributed by atoms with Crippen molar-refractivity contribution in [1.82, 2.24) is 0 Å². The van der Waals surface area contributed by atoms with Crippen LogP contribution in [0.1, 0.15) is 32.6 Å². The summed E-state index contributed by atoms with van der Waals surface area (Å²) in [7, 11) is 0. The van der Waals surface area contributed by atoms with Gasteiger partial charge in [-0.15, -0.1) is 0 Å². The molecule has 0 spiro atoms. The lowest BCUT2D eigenvalue weighted by molar-refractivity contribution is 0.182. The molecule has 0 saturated heterocycles. The van der Waals surface area contributed by atoms with Crippen LogP contribution in [0.2, 0.25) is 0 Å². The number of nitrogens with two attached hydrogens (primary N) is 1.